The lowest BCUT2D eigenvalue weighted by molar-refractivity contribution is 0.0991. The van der Waals surface area contributed by atoms with Crippen molar-refractivity contribution in [3.8, 4) is 10.9 Å². The SMILES string of the molecule is COc1c(N[C@H]2CC[C@H](O)C2)cc(C(=O)Nc2nnc(-n3nccc3C)s2)oc1=O. The average Bonchev–Trinajstić information content (AvgIpc) is 3.43. The van der Waals surface area contributed by atoms with E-state index in [9.17, 15) is 14.7 Å². The number of carbonyl (C=O) groups excluding carboxylic acids is 1. The van der Waals surface area contributed by atoms with Gasteiger partial charge in [0.15, 0.2) is 5.76 Å². The summed E-state index contributed by atoms with van der Waals surface area (Å²) < 4.78 is 11.8. The normalized spacial score (nSPS) is 18.4. The maximum absolute atomic E-state index is 12.6. The smallest absolute Gasteiger partial charge is 0.381 e. The largest absolute Gasteiger partial charge is 0.488 e. The zero-order valence-corrected chi connectivity index (χ0v) is 17.1. The first kappa shape index (κ1) is 20.0. The quantitative estimate of drug-likeness (QED) is 0.528. The van der Waals surface area contributed by atoms with E-state index in [1.807, 2.05) is 13.0 Å². The van der Waals surface area contributed by atoms with Gasteiger partial charge in [-0.25, -0.2) is 9.48 Å². The molecule has 30 heavy (non-hydrogen) atoms. The predicted octanol–water partition coefficient (Wildman–Crippen LogP) is 1.57. The third-order valence-corrected chi connectivity index (χ3v) is 5.56. The van der Waals surface area contributed by atoms with Crippen molar-refractivity contribution in [1.82, 2.24) is 20.0 Å². The van der Waals surface area contributed by atoms with Crippen LogP contribution in [-0.2, 0) is 0 Å². The van der Waals surface area contributed by atoms with Crippen LogP contribution in [-0.4, -0.2) is 50.2 Å². The minimum Gasteiger partial charge on any atom is -0.488 e. The molecule has 2 atom stereocenters. The molecule has 1 fully saturated rings. The summed E-state index contributed by atoms with van der Waals surface area (Å²) in [6, 6.07) is 3.19. The summed E-state index contributed by atoms with van der Waals surface area (Å²) in [6.45, 7) is 1.87. The summed E-state index contributed by atoms with van der Waals surface area (Å²) in [5.41, 5.74) is 0.428. The Morgan fingerprint density at radius 1 is 1.40 bits per heavy atom. The van der Waals surface area contributed by atoms with Crippen LogP contribution in [0.1, 0.15) is 35.5 Å². The number of nitrogens with one attached hydrogen (secondary N) is 2. The summed E-state index contributed by atoms with van der Waals surface area (Å²) in [6.07, 6.45) is 3.21. The Morgan fingerprint density at radius 3 is 2.90 bits per heavy atom. The number of hydrogen-bond donors (Lipinski definition) is 3. The van der Waals surface area contributed by atoms with Crippen LogP contribution in [0.4, 0.5) is 10.8 Å². The van der Waals surface area contributed by atoms with E-state index >= 15 is 0 Å². The van der Waals surface area contributed by atoms with Crippen molar-refractivity contribution >= 4 is 28.1 Å². The summed E-state index contributed by atoms with van der Waals surface area (Å²) in [4.78, 5) is 24.9. The number of methoxy groups -OCH3 is 1. The van der Waals surface area contributed by atoms with E-state index in [4.69, 9.17) is 9.15 Å². The van der Waals surface area contributed by atoms with Crippen molar-refractivity contribution in [2.45, 2.75) is 38.3 Å². The lowest BCUT2D eigenvalue weighted by Gasteiger charge is -2.16. The van der Waals surface area contributed by atoms with Gasteiger partial charge in [0.25, 0.3) is 5.91 Å². The molecule has 4 rings (SSSR count). The molecule has 0 radical (unpaired) electrons. The lowest BCUT2D eigenvalue weighted by Crippen LogP contribution is -2.21. The lowest BCUT2D eigenvalue weighted by atomic mass is 10.2. The van der Waals surface area contributed by atoms with Crippen LogP contribution in [0.3, 0.4) is 0 Å². The second-order valence-corrected chi connectivity index (χ2v) is 7.84. The topological polar surface area (TPSA) is 144 Å². The van der Waals surface area contributed by atoms with Gasteiger partial charge in [-0.1, -0.05) is 11.3 Å². The number of anilines is 2. The van der Waals surface area contributed by atoms with Gasteiger partial charge in [-0.15, -0.1) is 10.2 Å². The number of aliphatic hydroxyl groups excluding tert-OH is 1. The van der Waals surface area contributed by atoms with E-state index in [0.29, 0.717) is 23.7 Å². The second-order valence-electron chi connectivity index (χ2n) is 6.88. The Kier molecular flexibility index (Phi) is 5.50. The van der Waals surface area contributed by atoms with Gasteiger partial charge in [0.05, 0.1) is 18.9 Å². The summed E-state index contributed by atoms with van der Waals surface area (Å²) in [7, 11) is 1.35. The van der Waals surface area contributed by atoms with Crippen LogP contribution in [0, 0.1) is 6.92 Å². The van der Waals surface area contributed by atoms with Crippen molar-refractivity contribution in [2.75, 3.05) is 17.7 Å². The first-order valence-corrected chi connectivity index (χ1v) is 10.1. The van der Waals surface area contributed by atoms with E-state index in [2.05, 4.69) is 25.9 Å². The van der Waals surface area contributed by atoms with Crippen LogP contribution in [0.15, 0.2) is 27.5 Å². The first-order valence-electron chi connectivity index (χ1n) is 9.27. The van der Waals surface area contributed by atoms with Gasteiger partial charge in [0.1, 0.15) is 0 Å². The van der Waals surface area contributed by atoms with Crippen LogP contribution >= 0.6 is 11.3 Å². The van der Waals surface area contributed by atoms with Gasteiger partial charge in [-0.2, -0.15) is 5.10 Å². The highest BCUT2D eigenvalue weighted by molar-refractivity contribution is 7.17. The number of rotatable bonds is 6. The van der Waals surface area contributed by atoms with Crippen LogP contribution in [0.2, 0.25) is 0 Å². The number of hydrogen-bond acceptors (Lipinski definition) is 10. The van der Waals surface area contributed by atoms with Crippen LogP contribution in [0.5, 0.6) is 5.75 Å². The molecule has 3 N–H and O–H groups in total. The molecule has 0 bridgehead atoms. The molecule has 11 nitrogen and oxygen atoms in total. The Balaban J connectivity index is 1.54. The highest BCUT2D eigenvalue weighted by Gasteiger charge is 2.25. The molecule has 12 heteroatoms. The second kappa shape index (κ2) is 8.24. The van der Waals surface area contributed by atoms with Gasteiger partial charge in [0, 0.05) is 24.0 Å². The predicted molar refractivity (Wildman–Crippen MR) is 109 cm³/mol. The Labute approximate surface area is 174 Å². The molecular formula is C18H20N6O5S. The number of carbonyl (C=O) groups is 1. The van der Waals surface area contributed by atoms with Crippen LogP contribution < -0.4 is 21.0 Å². The van der Waals surface area contributed by atoms with Crippen molar-refractivity contribution in [3.63, 3.8) is 0 Å². The molecule has 0 spiro atoms. The Morgan fingerprint density at radius 2 is 2.23 bits per heavy atom. The third kappa shape index (κ3) is 4.04. The standard InChI is InChI=1S/C18H20N6O5S/c1-9-5-6-19-24(9)18-23-22-17(30-18)21-15(26)13-8-12(14(28-2)16(27)29-13)20-10-3-4-11(25)7-10/h5-6,8,10-11,20,25H,3-4,7H2,1-2H3,(H,21,22,26)/t10-,11-/m0/s1. The monoisotopic (exact) mass is 432 g/mol. The van der Waals surface area contributed by atoms with E-state index in [-0.39, 0.29) is 28.8 Å². The number of aryl methyl sites for hydroxylation is 1. The van der Waals surface area contributed by atoms with Gasteiger partial charge in [-0.3, -0.25) is 10.1 Å². The summed E-state index contributed by atoms with van der Waals surface area (Å²) in [5, 5.41) is 28.3. The number of aliphatic hydroxyl groups is 1. The molecule has 1 amide bonds. The van der Waals surface area contributed by atoms with Gasteiger partial charge in [0.2, 0.25) is 16.0 Å². The molecule has 1 aliphatic rings. The summed E-state index contributed by atoms with van der Waals surface area (Å²) in [5.74, 6) is -0.877. The molecule has 1 aliphatic carbocycles. The molecule has 3 heterocycles. The van der Waals surface area contributed by atoms with Gasteiger partial charge in [-0.05, 0) is 32.3 Å². The molecule has 0 aromatic carbocycles. The molecule has 0 saturated heterocycles. The maximum Gasteiger partial charge on any atom is 0.381 e. The van der Waals surface area contributed by atoms with Gasteiger partial charge >= 0.3 is 5.63 Å². The Hall–Kier alpha value is -3.25. The van der Waals surface area contributed by atoms with E-state index in [1.165, 1.54) is 13.2 Å². The molecule has 3 aromatic rings. The highest BCUT2D eigenvalue weighted by atomic mass is 32.1. The van der Waals surface area contributed by atoms with E-state index in [0.717, 1.165) is 23.5 Å². The number of amides is 1. The van der Waals surface area contributed by atoms with Crippen LogP contribution in [0.25, 0.3) is 5.13 Å². The van der Waals surface area contributed by atoms with Gasteiger partial charge < -0.3 is 19.6 Å². The average molecular weight is 432 g/mol. The molecule has 0 aliphatic heterocycles. The zero-order valence-electron chi connectivity index (χ0n) is 16.3. The highest BCUT2D eigenvalue weighted by Crippen LogP contribution is 2.28. The molecular weight excluding hydrogens is 412 g/mol. The van der Waals surface area contributed by atoms with E-state index < -0.39 is 11.5 Å². The fourth-order valence-electron chi connectivity index (χ4n) is 3.28. The molecule has 158 valence electrons. The molecule has 0 unspecified atom stereocenters. The fraction of sp³-hybridized carbons (Fsp3) is 0.389. The number of aromatic nitrogens is 4. The van der Waals surface area contributed by atoms with Crippen molar-refractivity contribution < 1.29 is 19.1 Å². The number of nitrogens with zero attached hydrogens (tertiary/aromatic N) is 4. The minimum absolute atomic E-state index is 0.0275. The Bertz CT molecular complexity index is 1120. The minimum atomic E-state index is -0.781. The third-order valence-electron chi connectivity index (χ3n) is 4.75. The summed E-state index contributed by atoms with van der Waals surface area (Å²) >= 11 is 1.13. The maximum atomic E-state index is 12.6. The zero-order chi connectivity index (χ0) is 21.3. The first-order chi connectivity index (χ1) is 14.4. The fourth-order valence-corrected chi connectivity index (χ4v) is 4.04. The molecule has 1 saturated carbocycles. The van der Waals surface area contributed by atoms with Crippen molar-refractivity contribution in [3.05, 3.63) is 40.2 Å². The van der Waals surface area contributed by atoms with Crippen molar-refractivity contribution in [2.24, 2.45) is 0 Å². The van der Waals surface area contributed by atoms with E-state index in [1.54, 1.807) is 10.9 Å². The molecule has 3 aromatic heterocycles. The number of ether oxygens (including phenoxy) is 1. The van der Waals surface area contributed by atoms with Crippen molar-refractivity contribution in [1.29, 1.82) is 0 Å².